The molecular weight excluding hydrogens is 406 g/mol. The van der Waals surface area contributed by atoms with Crippen LogP contribution in [-0.4, -0.2) is 39.0 Å². The van der Waals surface area contributed by atoms with Crippen molar-refractivity contribution in [1.29, 1.82) is 0 Å². The highest BCUT2D eigenvalue weighted by Gasteiger charge is 2.15. The summed E-state index contributed by atoms with van der Waals surface area (Å²) in [5, 5.41) is 4.34. The zero-order valence-corrected chi connectivity index (χ0v) is 17.8. The molecule has 0 aliphatic heterocycles. The molecule has 1 N–H and O–H groups in total. The molecule has 9 heteroatoms. The Labute approximate surface area is 175 Å². The summed E-state index contributed by atoms with van der Waals surface area (Å²) < 4.78 is 39.1. The first-order valence-electron chi connectivity index (χ1n) is 9.21. The molecule has 3 rings (SSSR count). The normalized spacial score (nSPS) is 11.3. The second-order valence-electron chi connectivity index (χ2n) is 6.54. The Morgan fingerprint density at radius 2 is 1.73 bits per heavy atom. The molecule has 0 saturated carbocycles. The summed E-state index contributed by atoms with van der Waals surface area (Å²) in [6, 6.07) is 14.9. The van der Waals surface area contributed by atoms with E-state index in [2.05, 4.69) is 9.82 Å². The molecule has 1 heterocycles. The maximum absolute atomic E-state index is 12.5. The number of nitrogens with one attached hydrogen (secondary N) is 1. The van der Waals surface area contributed by atoms with E-state index >= 15 is 0 Å². The molecule has 0 saturated heterocycles. The van der Waals surface area contributed by atoms with E-state index in [9.17, 15) is 13.2 Å². The van der Waals surface area contributed by atoms with Gasteiger partial charge in [-0.2, -0.15) is 5.10 Å². The maximum Gasteiger partial charge on any atom is 0.266 e. The van der Waals surface area contributed by atoms with Crippen LogP contribution in [0.5, 0.6) is 11.5 Å². The SMILES string of the molecule is COc1ccc(-c2ccc(=O)n(CCNS(=O)(=O)c3ccc(OC)c(C)c3)n2)cc1. The molecule has 0 radical (unpaired) electrons. The lowest BCUT2D eigenvalue weighted by atomic mass is 10.1. The van der Waals surface area contributed by atoms with Gasteiger partial charge in [-0.05, 0) is 61.0 Å². The van der Waals surface area contributed by atoms with Gasteiger partial charge in [0.15, 0.2) is 0 Å². The van der Waals surface area contributed by atoms with E-state index in [0.717, 1.165) is 11.3 Å². The summed E-state index contributed by atoms with van der Waals surface area (Å²) in [5.74, 6) is 1.33. The fourth-order valence-corrected chi connectivity index (χ4v) is 4.02. The van der Waals surface area contributed by atoms with E-state index in [4.69, 9.17) is 9.47 Å². The molecule has 0 bridgehead atoms. The van der Waals surface area contributed by atoms with Crippen molar-refractivity contribution < 1.29 is 17.9 Å². The van der Waals surface area contributed by atoms with Crippen LogP contribution in [0.3, 0.4) is 0 Å². The van der Waals surface area contributed by atoms with Crippen LogP contribution < -0.4 is 19.8 Å². The third kappa shape index (κ3) is 4.87. The molecule has 3 aromatic rings. The van der Waals surface area contributed by atoms with Crippen molar-refractivity contribution in [3.8, 4) is 22.8 Å². The van der Waals surface area contributed by atoms with Crippen molar-refractivity contribution in [2.75, 3.05) is 20.8 Å². The van der Waals surface area contributed by atoms with E-state index in [1.165, 1.54) is 30.0 Å². The fourth-order valence-electron chi connectivity index (χ4n) is 2.91. The number of aromatic nitrogens is 2. The van der Waals surface area contributed by atoms with Crippen molar-refractivity contribution in [2.45, 2.75) is 18.4 Å². The molecule has 30 heavy (non-hydrogen) atoms. The van der Waals surface area contributed by atoms with Crippen LogP contribution >= 0.6 is 0 Å². The third-order valence-corrected chi connectivity index (χ3v) is 6.00. The number of methoxy groups -OCH3 is 2. The predicted molar refractivity (Wildman–Crippen MR) is 113 cm³/mol. The summed E-state index contributed by atoms with van der Waals surface area (Å²) in [4.78, 5) is 12.3. The predicted octanol–water partition coefficient (Wildman–Crippen LogP) is 2.21. The van der Waals surface area contributed by atoms with Crippen LogP contribution in [-0.2, 0) is 16.6 Å². The zero-order chi connectivity index (χ0) is 21.7. The first-order chi connectivity index (χ1) is 14.3. The number of aryl methyl sites for hydroxylation is 1. The van der Waals surface area contributed by atoms with Crippen LogP contribution in [0.4, 0.5) is 0 Å². The summed E-state index contributed by atoms with van der Waals surface area (Å²) in [5.41, 5.74) is 1.82. The van der Waals surface area contributed by atoms with Crippen molar-refractivity contribution in [2.24, 2.45) is 0 Å². The van der Waals surface area contributed by atoms with Gasteiger partial charge >= 0.3 is 0 Å². The number of benzene rings is 2. The van der Waals surface area contributed by atoms with Crippen LogP contribution in [0, 0.1) is 6.92 Å². The van der Waals surface area contributed by atoms with Gasteiger partial charge in [0.1, 0.15) is 11.5 Å². The largest absolute Gasteiger partial charge is 0.497 e. The Hall–Kier alpha value is -3.17. The third-order valence-electron chi connectivity index (χ3n) is 4.54. The van der Waals surface area contributed by atoms with Gasteiger partial charge in [-0.25, -0.2) is 17.8 Å². The number of ether oxygens (including phenoxy) is 2. The average molecular weight is 429 g/mol. The monoisotopic (exact) mass is 429 g/mol. The minimum atomic E-state index is -3.72. The van der Waals surface area contributed by atoms with Crippen molar-refractivity contribution >= 4 is 10.0 Å². The minimum absolute atomic E-state index is 0.0202. The van der Waals surface area contributed by atoms with Crippen LogP contribution in [0.25, 0.3) is 11.3 Å². The van der Waals surface area contributed by atoms with E-state index in [0.29, 0.717) is 17.0 Å². The lowest BCUT2D eigenvalue weighted by Gasteiger charge is -2.11. The lowest BCUT2D eigenvalue weighted by molar-refractivity contribution is 0.411. The number of sulfonamides is 1. The highest BCUT2D eigenvalue weighted by molar-refractivity contribution is 7.89. The fraction of sp³-hybridized carbons (Fsp3) is 0.238. The average Bonchev–Trinajstić information content (AvgIpc) is 2.75. The molecule has 0 aliphatic rings. The molecule has 1 aromatic heterocycles. The second-order valence-corrected chi connectivity index (χ2v) is 8.30. The number of nitrogens with zero attached hydrogens (tertiary/aromatic N) is 2. The Balaban J connectivity index is 1.72. The summed E-state index contributed by atoms with van der Waals surface area (Å²) in [7, 11) is -0.611. The molecule has 0 fully saturated rings. The highest BCUT2D eigenvalue weighted by Crippen LogP contribution is 2.21. The molecule has 0 spiro atoms. The quantitative estimate of drug-likeness (QED) is 0.589. The smallest absolute Gasteiger partial charge is 0.266 e. The molecular formula is C21H23N3O5S. The molecule has 8 nitrogen and oxygen atoms in total. The van der Waals surface area contributed by atoms with Gasteiger partial charge in [0, 0.05) is 18.2 Å². The minimum Gasteiger partial charge on any atom is -0.497 e. The zero-order valence-electron chi connectivity index (χ0n) is 17.0. The molecule has 0 amide bonds. The standard InChI is InChI=1S/C21H23N3O5S/c1-15-14-18(8-10-20(15)29-3)30(26,27)22-12-13-24-21(25)11-9-19(23-24)16-4-6-17(28-2)7-5-16/h4-11,14,22H,12-13H2,1-3H3. The second kappa shape index (κ2) is 9.10. The lowest BCUT2D eigenvalue weighted by Crippen LogP contribution is -2.32. The Kier molecular flexibility index (Phi) is 6.53. The van der Waals surface area contributed by atoms with Gasteiger partial charge in [0.2, 0.25) is 10.0 Å². The number of hydrogen-bond donors (Lipinski definition) is 1. The Morgan fingerprint density at radius 1 is 1.00 bits per heavy atom. The maximum atomic E-state index is 12.5. The number of rotatable bonds is 8. The molecule has 0 unspecified atom stereocenters. The van der Waals surface area contributed by atoms with Crippen LogP contribution in [0.1, 0.15) is 5.56 Å². The molecule has 2 aromatic carbocycles. The van der Waals surface area contributed by atoms with Crippen molar-refractivity contribution in [1.82, 2.24) is 14.5 Å². The molecule has 0 atom stereocenters. The Morgan fingerprint density at radius 3 is 2.37 bits per heavy atom. The first-order valence-corrected chi connectivity index (χ1v) is 10.7. The van der Waals surface area contributed by atoms with Gasteiger partial charge in [0.05, 0.1) is 31.4 Å². The van der Waals surface area contributed by atoms with E-state index in [-0.39, 0.29) is 23.5 Å². The van der Waals surface area contributed by atoms with Gasteiger partial charge in [-0.15, -0.1) is 0 Å². The first kappa shape index (κ1) is 21.5. The van der Waals surface area contributed by atoms with Gasteiger partial charge in [-0.3, -0.25) is 4.79 Å². The topological polar surface area (TPSA) is 99.5 Å². The van der Waals surface area contributed by atoms with Crippen LogP contribution in [0.2, 0.25) is 0 Å². The van der Waals surface area contributed by atoms with Crippen molar-refractivity contribution in [3.63, 3.8) is 0 Å². The van der Waals surface area contributed by atoms with E-state index in [1.807, 2.05) is 12.1 Å². The van der Waals surface area contributed by atoms with E-state index < -0.39 is 10.0 Å². The summed E-state index contributed by atoms with van der Waals surface area (Å²) in [6.45, 7) is 1.88. The summed E-state index contributed by atoms with van der Waals surface area (Å²) >= 11 is 0. The van der Waals surface area contributed by atoms with Gasteiger partial charge in [-0.1, -0.05) is 0 Å². The van der Waals surface area contributed by atoms with Crippen LogP contribution in [0.15, 0.2) is 64.3 Å². The number of hydrogen-bond acceptors (Lipinski definition) is 6. The molecule has 158 valence electrons. The highest BCUT2D eigenvalue weighted by atomic mass is 32.2. The van der Waals surface area contributed by atoms with Gasteiger partial charge < -0.3 is 9.47 Å². The Bertz CT molecular complexity index is 1190. The summed E-state index contributed by atoms with van der Waals surface area (Å²) in [6.07, 6.45) is 0. The molecule has 0 aliphatic carbocycles. The van der Waals surface area contributed by atoms with Gasteiger partial charge in [0.25, 0.3) is 5.56 Å². The van der Waals surface area contributed by atoms with E-state index in [1.54, 1.807) is 38.3 Å². The van der Waals surface area contributed by atoms with Crippen molar-refractivity contribution in [3.05, 3.63) is 70.5 Å².